The summed E-state index contributed by atoms with van der Waals surface area (Å²) in [7, 11) is 0. The van der Waals surface area contributed by atoms with Crippen LogP contribution >= 0.6 is 0 Å². The molecule has 0 bridgehead atoms. The summed E-state index contributed by atoms with van der Waals surface area (Å²) < 4.78 is 12.9. The van der Waals surface area contributed by atoms with Gasteiger partial charge in [0.1, 0.15) is 5.82 Å². The number of aromatic nitrogens is 4. The molecule has 178 valence electrons. The molecule has 2 aromatic rings. The molecule has 3 aliphatic rings. The molecule has 1 saturated heterocycles. The van der Waals surface area contributed by atoms with Crippen molar-refractivity contribution in [1.82, 2.24) is 30.1 Å². The Morgan fingerprint density at radius 2 is 1.94 bits per heavy atom. The summed E-state index contributed by atoms with van der Waals surface area (Å²) in [6, 6.07) is -0.247. The molecule has 0 spiro atoms. The van der Waals surface area contributed by atoms with Crippen LogP contribution in [0, 0.1) is 11.8 Å². The zero-order valence-electron chi connectivity index (χ0n) is 19.4. The first kappa shape index (κ1) is 22.1. The van der Waals surface area contributed by atoms with Crippen LogP contribution in [0.2, 0.25) is 0 Å². The lowest BCUT2D eigenvalue weighted by molar-refractivity contribution is -0.126. The van der Waals surface area contributed by atoms with Crippen LogP contribution in [0.5, 0.6) is 0 Å². The Balaban J connectivity index is 1.31. The topological polar surface area (TPSA) is 115 Å². The minimum absolute atomic E-state index is 0.00377. The number of fused-ring (bicyclic) bond motifs is 2. The van der Waals surface area contributed by atoms with Gasteiger partial charge in [0.2, 0.25) is 11.7 Å². The molecule has 5 rings (SSSR count). The van der Waals surface area contributed by atoms with E-state index in [1.165, 1.54) is 0 Å². The van der Waals surface area contributed by atoms with E-state index in [1.807, 2.05) is 4.90 Å². The smallest absolute Gasteiger partial charge is 0.292 e. The normalized spacial score (nSPS) is 21.4. The van der Waals surface area contributed by atoms with E-state index in [0.29, 0.717) is 45.0 Å². The molecule has 1 N–H and O–H groups in total. The summed E-state index contributed by atoms with van der Waals surface area (Å²) in [5, 5.41) is 16.2. The Morgan fingerprint density at radius 3 is 2.73 bits per heavy atom. The molecule has 2 atom stereocenters. The average molecular weight is 457 g/mol. The first-order chi connectivity index (χ1) is 16.0. The number of ether oxygens (including phenoxy) is 1. The highest BCUT2D eigenvalue weighted by molar-refractivity contribution is 5.93. The molecule has 0 radical (unpaired) electrons. The number of nitrogens with one attached hydrogen (secondary N) is 1. The van der Waals surface area contributed by atoms with Crippen molar-refractivity contribution in [1.29, 1.82) is 0 Å². The number of hydrogen-bond donors (Lipinski definition) is 1. The summed E-state index contributed by atoms with van der Waals surface area (Å²) in [5.41, 5.74) is 1.91. The first-order valence-electron chi connectivity index (χ1n) is 12.1. The lowest BCUT2D eigenvalue weighted by Crippen LogP contribution is -2.38. The van der Waals surface area contributed by atoms with Crippen molar-refractivity contribution in [2.45, 2.75) is 65.0 Å². The summed E-state index contributed by atoms with van der Waals surface area (Å²) in [5.74, 6) is 1.92. The molecular formula is C23H32N6O4. The molecular weight excluding hydrogens is 424 g/mol. The van der Waals surface area contributed by atoms with Gasteiger partial charge in [0.15, 0.2) is 5.82 Å². The van der Waals surface area contributed by atoms with E-state index in [9.17, 15) is 9.59 Å². The molecule has 0 saturated carbocycles. The maximum Gasteiger partial charge on any atom is 0.292 e. The van der Waals surface area contributed by atoms with Crippen LogP contribution in [-0.2, 0) is 35.3 Å². The molecule has 2 unspecified atom stereocenters. The highest BCUT2D eigenvalue weighted by Gasteiger charge is 2.33. The van der Waals surface area contributed by atoms with Crippen LogP contribution in [0.15, 0.2) is 4.52 Å². The van der Waals surface area contributed by atoms with Gasteiger partial charge in [0, 0.05) is 38.2 Å². The van der Waals surface area contributed by atoms with Gasteiger partial charge in [-0.1, -0.05) is 19.0 Å². The van der Waals surface area contributed by atoms with Gasteiger partial charge in [0.05, 0.1) is 24.3 Å². The molecule has 2 aliphatic heterocycles. The van der Waals surface area contributed by atoms with Gasteiger partial charge in [-0.2, -0.15) is 0 Å². The second-order valence-electron chi connectivity index (χ2n) is 9.60. The zero-order chi connectivity index (χ0) is 22.9. The van der Waals surface area contributed by atoms with E-state index in [4.69, 9.17) is 9.26 Å². The van der Waals surface area contributed by atoms with Crippen LogP contribution in [0.3, 0.4) is 0 Å². The van der Waals surface area contributed by atoms with Gasteiger partial charge >= 0.3 is 0 Å². The molecule has 2 amide bonds. The monoisotopic (exact) mass is 456 g/mol. The first-order valence-corrected chi connectivity index (χ1v) is 12.1. The molecule has 33 heavy (non-hydrogen) atoms. The van der Waals surface area contributed by atoms with E-state index in [0.717, 1.165) is 55.0 Å². The molecule has 1 fully saturated rings. The third-order valence-corrected chi connectivity index (χ3v) is 7.04. The van der Waals surface area contributed by atoms with Gasteiger partial charge in [-0.15, -0.1) is 10.2 Å². The fraction of sp³-hybridized carbons (Fsp3) is 0.696. The number of aryl methyl sites for hydroxylation is 1. The fourth-order valence-electron chi connectivity index (χ4n) is 5.02. The van der Waals surface area contributed by atoms with Crippen LogP contribution < -0.4 is 5.32 Å². The van der Waals surface area contributed by atoms with Crippen LogP contribution in [0.1, 0.15) is 72.6 Å². The molecule has 2 aromatic heterocycles. The number of rotatable bonds is 5. The summed E-state index contributed by atoms with van der Waals surface area (Å²) in [6.07, 6.45) is 5.24. The average Bonchev–Trinajstić information content (AvgIpc) is 3.55. The Morgan fingerprint density at radius 1 is 1.09 bits per heavy atom. The van der Waals surface area contributed by atoms with Gasteiger partial charge < -0.3 is 24.0 Å². The van der Waals surface area contributed by atoms with Crippen LogP contribution in [-0.4, -0.2) is 62.9 Å². The van der Waals surface area contributed by atoms with E-state index in [2.05, 4.69) is 39.1 Å². The fourth-order valence-corrected chi connectivity index (χ4v) is 5.02. The van der Waals surface area contributed by atoms with Gasteiger partial charge in [0.25, 0.3) is 5.91 Å². The summed E-state index contributed by atoms with van der Waals surface area (Å²) >= 11 is 0. The number of nitrogens with zero attached hydrogens (tertiary/aromatic N) is 5. The molecule has 0 aromatic carbocycles. The van der Waals surface area contributed by atoms with Gasteiger partial charge in [-0.05, 0) is 38.0 Å². The third-order valence-electron chi connectivity index (χ3n) is 7.04. The predicted molar refractivity (Wildman–Crippen MR) is 117 cm³/mol. The second-order valence-corrected chi connectivity index (χ2v) is 9.60. The van der Waals surface area contributed by atoms with E-state index in [1.54, 1.807) is 0 Å². The predicted octanol–water partition coefficient (Wildman–Crippen LogP) is 1.69. The maximum atomic E-state index is 13.3. The largest absolute Gasteiger partial charge is 0.381 e. The van der Waals surface area contributed by atoms with Crippen molar-refractivity contribution in [2.75, 3.05) is 26.3 Å². The Bertz CT molecular complexity index is 1020. The van der Waals surface area contributed by atoms with Crippen LogP contribution in [0.4, 0.5) is 0 Å². The van der Waals surface area contributed by atoms with Crippen molar-refractivity contribution in [3.05, 3.63) is 28.7 Å². The standard InChI is InChI=1S/C23H32N6O4/c1-14(2)19(24-22(30)15-8-12-32-13-15)21-26-25-18-7-9-28(10-11-29(18)21)23(31)20-16-5-3-4-6-17(16)27-33-20/h14-15,19H,3-13H2,1-2H3,(H,24,30). The lowest BCUT2D eigenvalue weighted by Gasteiger charge is -2.24. The highest BCUT2D eigenvalue weighted by Crippen LogP contribution is 2.27. The Labute approximate surface area is 193 Å². The second kappa shape index (κ2) is 9.24. The maximum absolute atomic E-state index is 13.3. The molecule has 4 heterocycles. The van der Waals surface area contributed by atoms with Crippen molar-refractivity contribution in [3.63, 3.8) is 0 Å². The van der Waals surface area contributed by atoms with Crippen molar-refractivity contribution in [2.24, 2.45) is 11.8 Å². The number of amides is 2. The number of carbonyl (C=O) groups excluding carboxylic acids is 2. The third kappa shape index (κ3) is 4.28. The van der Waals surface area contributed by atoms with Gasteiger partial charge in [-0.3, -0.25) is 9.59 Å². The summed E-state index contributed by atoms with van der Waals surface area (Å²) in [6.45, 7) is 6.88. The zero-order valence-corrected chi connectivity index (χ0v) is 19.4. The minimum Gasteiger partial charge on any atom is -0.381 e. The quantitative estimate of drug-likeness (QED) is 0.728. The number of hydrogen-bond acceptors (Lipinski definition) is 7. The summed E-state index contributed by atoms with van der Waals surface area (Å²) in [4.78, 5) is 27.8. The SMILES string of the molecule is CC(C)C(NC(=O)C1CCOC1)c1nnc2n1CCN(C(=O)c1onc3c1CCCC3)CC2. The minimum atomic E-state index is -0.247. The molecule has 10 nitrogen and oxygen atoms in total. The van der Waals surface area contributed by atoms with Crippen molar-refractivity contribution >= 4 is 11.8 Å². The highest BCUT2D eigenvalue weighted by atomic mass is 16.5. The number of carbonyl (C=O) groups is 2. The van der Waals surface area contributed by atoms with E-state index < -0.39 is 0 Å². The molecule has 1 aliphatic carbocycles. The van der Waals surface area contributed by atoms with Crippen molar-refractivity contribution < 1.29 is 18.8 Å². The van der Waals surface area contributed by atoms with Crippen molar-refractivity contribution in [3.8, 4) is 0 Å². The lowest BCUT2D eigenvalue weighted by atomic mass is 9.96. The molecule has 10 heteroatoms. The van der Waals surface area contributed by atoms with Gasteiger partial charge in [-0.25, -0.2) is 0 Å². The van der Waals surface area contributed by atoms with Crippen LogP contribution in [0.25, 0.3) is 0 Å². The Hall–Kier alpha value is -2.75. The van der Waals surface area contributed by atoms with E-state index >= 15 is 0 Å². The Kier molecular flexibility index (Phi) is 6.18. The van der Waals surface area contributed by atoms with E-state index in [-0.39, 0.29) is 29.7 Å².